The molecule has 0 saturated carbocycles. The molecule has 0 fully saturated rings. The number of amides is 2. The van der Waals surface area contributed by atoms with E-state index in [1.807, 2.05) is 18.2 Å². The number of benzene rings is 3. The van der Waals surface area contributed by atoms with Gasteiger partial charge in [-0.1, -0.05) is 29.8 Å². The van der Waals surface area contributed by atoms with Gasteiger partial charge in [-0.25, -0.2) is 0 Å². The van der Waals surface area contributed by atoms with Crippen LogP contribution in [0.4, 0.5) is 11.4 Å². The standard InChI is InChI=1S/C22H19ClN2O3/c1-28-19-12-10-18(11-13-19)25-22(27)15-6-8-17(9-7-15)24-21(26)14-16-4-2-3-5-20(16)23/h2-13H,14H2,1H3,(H,24,26)(H,25,27). The lowest BCUT2D eigenvalue weighted by molar-refractivity contribution is -0.115. The van der Waals surface area contributed by atoms with Gasteiger partial charge in [-0.15, -0.1) is 0 Å². The van der Waals surface area contributed by atoms with Crippen molar-refractivity contribution in [2.24, 2.45) is 0 Å². The molecule has 0 unspecified atom stereocenters. The number of anilines is 2. The summed E-state index contributed by atoms with van der Waals surface area (Å²) in [6.45, 7) is 0. The molecule has 3 aromatic carbocycles. The van der Waals surface area contributed by atoms with Crippen LogP contribution in [0.25, 0.3) is 0 Å². The quantitative estimate of drug-likeness (QED) is 0.632. The van der Waals surface area contributed by atoms with Crippen LogP contribution in [0.3, 0.4) is 0 Å². The molecule has 0 aliphatic carbocycles. The SMILES string of the molecule is COc1ccc(NC(=O)c2ccc(NC(=O)Cc3ccccc3Cl)cc2)cc1. The van der Waals surface area contributed by atoms with E-state index in [9.17, 15) is 9.59 Å². The van der Waals surface area contributed by atoms with Gasteiger partial charge in [-0.05, 0) is 60.2 Å². The van der Waals surface area contributed by atoms with E-state index in [1.54, 1.807) is 61.7 Å². The first-order chi connectivity index (χ1) is 13.5. The van der Waals surface area contributed by atoms with E-state index in [0.29, 0.717) is 22.0 Å². The summed E-state index contributed by atoms with van der Waals surface area (Å²) in [4.78, 5) is 24.5. The molecule has 3 rings (SSSR count). The second-order valence-corrected chi connectivity index (χ2v) is 6.48. The highest BCUT2D eigenvalue weighted by atomic mass is 35.5. The van der Waals surface area contributed by atoms with Crippen molar-refractivity contribution in [3.8, 4) is 5.75 Å². The summed E-state index contributed by atoms with van der Waals surface area (Å²) in [5.41, 5.74) is 2.53. The predicted molar refractivity (Wildman–Crippen MR) is 111 cm³/mol. The monoisotopic (exact) mass is 394 g/mol. The van der Waals surface area contributed by atoms with Crippen LogP contribution in [0.5, 0.6) is 5.75 Å². The summed E-state index contributed by atoms with van der Waals surface area (Å²) in [6.07, 6.45) is 0.180. The largest absolute Gasteiger partial charge is 0.497 e. The van der Waals surface area contributed by atoms with Gasteiger partial charge in [0.1, 0.15) is 5.75 Å². The van der Waals surface area contributed by atoms with E-state index in [4.69, 9.17) is 16.3 Å². The number of rotatable bonds is 6. The Kier molecular flexibility index (Phi) is 6.29. The van der Waals surface area contributed by atoms with Crippen molar-refractivity contribution in [1.29, 1.82) is 0 Å². The molecule has 28 heavy (non-hydrogen) atoms. The van der Waals surface area contributed by atoms with Crippen LogP contribution in [-0.4, -0.2) is 18.9 Å². The van der Waals surface area contributed by atoms with Crippen LogP contribution >= 0.6 is 11.6 Å². The molecule has 142 valence electrons. The molecule has 0 aromatic heterocycles. The van der Waals surface area contributed by atoms with Gasteiger partial charge in [0.05, 0.1) is 13.5 Å². The van der Waals surface area contributed by atoms with E-state index >= 15 is 0 Å². The van der Waals surface area contributed by atoms with E-state index in [1.165, 1.54) is 0 Å². The molecular weight excluding hydrogens is 376 g/mol. The summed E-state index contributed by atoms with van der Waals surface area (Å²) in [7, 11) is 1.59. The van der Waals surface area contributed by atoms with Crippen LogP contribution in [0, 0.1) is 0 Å². The second kappa shape index (κ2) is 9.06. The molecule has 0 aliphatic rings. The molecule has 0 saturated heterocycles. The van der Waals surface area contributed by atoms with Gasteiger partial charge < -0.3 is 15.4 Å². The maximum Gasteiger partial charge on any atom is 0.255 e. The number of hydrogen-bond donors (Lipinski definition) is 2. The molecule has 3 aromatic rings. The Labute approximate surface area is 168 Å². The summed E-state index contributed by atoms with van der Waals surface area (Å²) in [5.74, 6) is 0.303. The number of carbonyl (C=O) groups is 2. The normalized spacial score (nSPS) is 10.2. The minimum Gasteiger partial charge on any atom is -0.497 e. The van der Waals surface area contributed by atoms with Crippen molar-refractivity contribution in [2.45, 2.75) is 6.42 Å². The van der Waals surface area contributed by atoms with Crippen LogP contribution in [0.2, 0.25) is 5.02 Å². The van der Waals surface area contributed by atoms with Gasteiger partial charge in [0.2, 0.25) is 5.91 Å². The van der Waals surface area contributed by atoms with Crippen molar-refractivity contribution in [3.05, 3.63) is 88.9 Å². The van der Waals surface area contributed by atoms with Crippen molar-refractivity contribution < 1.29 is 14.3 Å². The molecule has 2 N–H and O–H groups in total. The van der Waals surface area contributed by atoms with E-state index < -0.39 is 0 Å². The highest BCUT2D eigenvalue weighted by Crippen LogP contribution is 2.18. The first kappa shape index (κ1) is 19.5. The van der Waals surface area contributed by atoms with Crippen molar-refractivity contribution in [1.82, 2.24) is 0 Å². The molecule has 0 heterocycles. The fourth-order valence-electron chi connectivity index (χ4n) is 2.60. The fourth-order valence-corrected chi connectivity index (χ4v) is 2.81. The van der Waals surface area contributed by atoms with Crippen LogP contribution in [0.1, 0.15) is 15.9 Å². The Morgan fingerprint density at radius 1 is 0.857 bits per heavy atom. The van der Waals surface area contributed by atoms with Crippen molar-refractivity contribution in [2.75, 3.05) is 17.7 Å². The molecular formula is C22H19ClN2O3. The highest BCUT2D eigenvalue weighted by molar-refractivity contribution is 6.31. The first-order valence-electron chi connectivity index (χ1n) is 8.64. The number of carbonyl (C=O) groups excluding carboxylic acids is 2. The van der Waals surface area contributed by atoms with Crippen LogP contribution in [-0.2, 0) is 11.2 Å². The molecule has 0 atom stereocenters. The van der Waals surface area contributed by atoms with Crippen LogP contribution in [0.15, 0.2) is 72.8 Å². The lowest BCUT2D eigenvalue weighted by Gasteiger charge is -2.09. The lowest BCUT2D eigenvalue weighted by atomic mass is 10.1. The smallest absolute Gasteiger partial charge is 0.255 e. The van der Waals surface area contributed by atoms with Gasteiger partial charge in [0.15, 0.2) is 0 Å². The number of hydrogen-bond acceptors (Lipinski definition) is 3. The Bertz CT molecular complexity index is 970. The molecule has 0 radical (unpaired) electrons. The number of ether oxygens (including phenoxy) is 1. The third kappa shape index (κ3) is 5.11. The molecule has 0 aliphatic heterocycles. The topological polar surface area (TPSA) is 67.4 Å². The molecule has 5 nitrogen and oxygen atoms in total. The zero-order valence-corrected chi connectivity index (χ0v) is 16.0. The Balaban J connectivity index is 1.58. The van der Waals surface area contributed by atoms with E-state index in [2.05, 4.69) is 10.6 Å². The number of nitrogens with one attached hydrogen (secondary N) is 2. The fraction of sp³-hybridized carbons (Fsp3) is 0.0909. The highest BCUT2D eigenvalue weighted by Gasteiger charge is 2.09. The molecule has 6 heteroatoms. The van der Waals surface area contributed by atoms with Gasteiger partial charge in [0, 0.05) is 22.0 Å². The Morgan fingerprint density at radius 3 is 2.11 bits per heavy atom. The van der Waals surface area contributed by atoms with Crippen molar-refractivity contribution >= 4 is 34.8 Å². The van der Waals surface area contributed by atoms with Gasteiger partial charge in [-0.2, -0.15) is 0 Å². The second-order valence-electron chi connectivity index (χ2n) is 6.08. The molecule has 2 amide bonds. The van der Waals surface area contributed by atoms with Gasteiger partial charge in [-0.3, -0.25) is 9.59 Å². The number of methoxy groups -OCH3 is 1. The average Bonchev–Trinajstić information content (AvgIpc) is 2.71. The minimum atomic E-state index is -0.237. The third-order valence-corrected chi connectivity index (χ3v) is 4.46. The maximum atomic E-state index is 12.3. The Morgan fingerprint density at radius 2 is 1.46 bits per heavy atom. The number of halogens is 1. The lowest BCUT2D eigenvalue weighted by Crippen LogP contribution is -2.15. The summed E-state index contributed by atoms with van der Waals surface area (Å²) >= 11 is 6.08. The Hall–Kier alpha value is -3.31. The zero-order chi connectivity index (χ0) is 19.9. The minimum absolute atomic E-state index is 0.177. The maximum absolute atomic E-state index is 12.3. The average molecular weight is 395 g/mol. The first-order valence-corrected chi connectivity index (χ1v) is 9.01. The third-order valence-electron chi connectivity index (χ3n) is 4.09. The van der Waals surface area contributed by atoms with E-state index in [0.717, 1.165) is 11.3 Å². The summed E-state index contributed by atoms with van der Waals surface area (Å²) in [5, 5.41) is 6.17. The molecule has 0 spiro atoms. The zero-order valence-electron chi connectivity index (χ0n) is 15.2. The van der Waals surface area contributed by atoms with Crippen LogP contribution < -0.4 is 15.4 Å². The predicted octanol–water partition coefficient (Wildman–Crippen LogP) is 4.78. The van der Waals surface area contributed by atoms with Gasteiger partial charge >= 0.3 is 0 Å². The van der Waals surface area contributed by atoms with E-state index in [-0.39, 0.29) is 18.2 Å². The van der Waals surface area contributed by atoms with Crippen molar-refractivity contribution in [3.63, 3.8) is 0 Å². The van der Waals surface area contributed by atoms with Gasteiger partial charge in [0.25, 0.3) is 5.91 Å². The summed E-state index contributed by atoms with van der Waals surface area (Å²) < 4.78 is 5.09. The molecule has 0 bridgehead atoms. The summed E-state index contributed by atoms with van der Waals surface area (Å²) in [6, 6.07) is 21.0.